The van der Waals surface area contributed by atoms with Gasteiger partial charge in [-0.25, -0.2) is 4.99 Å². The fourth-order valence-corrected chi connectivity index (χ4v) is 5.04. The predicted octanol–water partition coefficient (Wildman–Crippen LogP) is 4.19. The number of nitrogens with one attached hydrogen (secondary N) is 2. The Balaban J connectivity index is 1.30. The lowest BCUT2D eigenvalue weighted by Gasteiger charge is -2.18. The van der Waals surface area contributed by atoms with Gasteiger partial charge < -0.3 is 15.5 Å². The van der Waals surface area contributed by atoms with Crippen molar-refractivity contribution in [3.05, 3.63) is 65.7 Å². The lowest BCUT2D eigenvalue weighted by molar-refractivity contribution is -0.128. The van der Waals surface area contributed by atoms with Crippen LogP contribution in [0.3, 0.4) is 0 Å². The van der Waals surface area contributed by atoms with E-state index in [1.807, 2.05) is 16.7 Å². The molecule has 0 bridgehead atoms. The SMILES string of the molecule is CCNC(=NCc1ccc(CN2CCCC2=O)cc1)NCC1(Sc2ccccc2)CC1. The third-order valence-electron chi connectivity index (χ3n) is 5.79. The molecule has 2 N–H and O–H groups in total. The molecule has 0 atom stereocenters. The number of aliphatic imine (C=N–C) groups is 1. The Labute approximate surface area is 189 Å². The molecule has 1 heterocycles. The van der Waals surface area contributed by atoms with Gasteiger partial charge in [0.25, 0.3) is 0 Å². The summed E-state index contributed by atoms with van der Waals surface area (Å²) in [6.45, 7) is 6.09. The molecule has 1 saturated heterocycles. The van der Waals surface area contributed by atoms with Gasteiger partial charge in [0.2, 0.25) is 5.91 Å². The zero-order chi connectivity index (χ0) is 21.5. The van der Waals surface area contributed by atoms with Crippen LogP contribution >= 0.6 is 11.8 Å². The molecule has 6 heteroatoms. The summed E-state index contributed by atoms with van der Waals surface area (Å²) in [6, 6.07) is 19.1. The summed E-state index contributed by atoms with van der Waals surface area (Å²) in [6.07, 6.45) is 4.15. The normalized spacial score (nSPS) is 17.6. The van der Waals surface area contributed by atoms with Crippen molar-refractivity contribution in [2.45, 2.75) is 55.3 Å². The Morgan fingerprint density at radius 2 is 1.81 bits per heavy atom. The first-order valence-corrected chi connectivity index (χ1v) is 12.1. The topological polar surface area (TPSA) is 56.7 Å². The minimum absolute atomic E-state index is 0.272. The summed E-state index contributed by atoms with van der Waals surface area (Å²) >= 11 is 1.97. The molecule has 2 fully saturated rings. The molecule has 5 nitrogen and oxygen atoms in total. The predicted molar refractivity (Wildman–Crippen MR) is 128 cm³/mol. The summed E-state index contributed by atoms with van der Waals surface area (Å²) in [5.41, 5.74) is 2.36. The van der Waals surface area contributed by atoms with Gasteiger partial charge in [-0.2, -0.15) is 0 Å². The molecule has 2 aromatic rings. The lowest BCUT2D eigenvalue weighted by Crippen LogP contribution is -2.41. The van der Waals surface area contributed by atoms with E-state index in [-0.39, 0.29) is 10.7 Å². The van der Waals surface area contributed by atoms with Crippen LogP contribution in [0.4, 0.5) is 0 Å². The van der Waals surface area contributed by atoms with Crippen LogP contribution in [-0.4, -0.2) is 41.1 Å². The number of guanidine groups is 1. The van der Waals surface area contributed by atoms with Crippen molar-refractivity contribution in [1.29, 1.82) is 0 Å². The van der Waals surface area contributed by atoms with E-state index in [0.717, 1.165) is 32.0 Å². The van der Waals surface area contributed by atoms with Crippen LogP contribution in [0, 0.1) is 0 Å². The van der Waals surface area contributed by atoms with Crippen molar-refractivity contribution in [3.8, 4) is 0 Å². The Kier molecular flexibility index (Phi) is 7.17. The van der Waals surface area contributed by atoms with Gasteiger partial charge in [-0.3, -0.25) is 4.79 Å². The molecule has 0 spiro atoms. The first-order valence-electron chi connectivity index (χ1n) is 11.3. The average Bonchev–Trinajstić information content (AvgIpc) is 3.44. The van der Waals surface area contributed by atoms with Crippen LogP contribution in [0.15, 0.2) is 64.5 Å². The zero-order valence-electron chi connectivity index (χ0n) is 18.3. The quantitative estimate of drug-likeness (QED) is 0.457. The van der Waals surface area contributed by atoms with E-state index in [2.05, 4.69) is 72.2 Å². The number of carbonyl (C=O) groups is 1. The highest BCUT2D eigenvalue weighted by molar-refractivity contribution is 8.01. The van der Waals surface area contributed by atoms with Crippen molar-refractivity contribution < 1.29 is 4.79 Å². The second-order valence-corrected chi connectivity index (χ2v) is 9.92. The van der Waals surface area contributed by atoms with Crippen LogP contribution in [-0.2, 0) is 17.9 Å². The van der Waals surface area contributed by atoms with E-state index in [9.17, 15) is 4.79 Å². The van der Waals surface area contributed by atoms with Gasteiger partial charge in [0.1, 0.15) is 0 Å². The average molecular weight is 437 g/mol. The summed E-state index contributed by atoms with van der Waals surface area (Å²) < 4.78 is 0.284. The van der Waals surface area contributed by atoms with Gasteiger partial charge in [-0.15, -0.1) is 11.8 Å². The van der Waals surface area contributed by atoms with Gasteiger partial charge >= 0.3 is 0 Å². The maximum atomic E-state index is 11.8. The number of hydrogen-bond acceptors (Lipinski definition) is 3. The number of rotatable bonds is 9. The molecular weight excluding hydrogens is 404 g/mol. The number of carbonyl (C=O) groups excluding carboxylic acids is 1. The summed E-state index contributed by atoms with van der Waals surface area (Å²) in [4.78, 5) is 19.9. The van der Waals surface area contributed by atoms with Gasteiger partial charge in [0.05, 0.1) is 6.54 Å². The lowest BCUT2D eigenvalue weighted by atomic mass is 10.1. The Morgan fingerprint density at radius 3 is 2.45 bits per heavy atom. The first kappa shape index (κ1) is 21.8. The molecule has 164 valence electrons. The second kappa shape index (κ2) is 10.2. The highest BCUT2D eigenvalue weighted by Gasteiger charge is 2.43. The number of likely N-dealkylation sites (tertiary alicyclic amines) is 1. The van der Waals surface area contributed by atoms with Gasteiger partial charge in [0.15, 0.2) is 5.96 Å². The molecule has 1 aliphatic heterocycles. The molecule has 4 rings (SSSR count). The van der Waals surface area contributed by atoms with Crippen LogP contribution < -0.4 is 10.6 Å². The Hall–Kier alpha value is -2.47. The highest BCUT2D eigenvalue weighted by Crippen LogP contribution is 2.51. The standard InChI is InChI=1S/C25H32N4OS/c1-2-26-24(28-19-25(14-15-25)31-22-7-4-3-5-8-22)27-17-20-10-12-21(13-11-20)18-29-16-6-9-23(29)30/h3-5,7-8,10-13H,2,6,9,14-19H2,1H3,(H2,26,27,28). The van der Waals surface area contributed by atoms with Gasteiger partial charge in [-0.05, 0) is 49.4 Å². The molecule has 0 radical (unpaired) electrons. The van der Waals surface area contributed by atoms with Crippen molar-refractivity contribution in [2.24, 2.45) is 4.99 Å². The number of benzene rings is 2. The van der Waals surface area contributed by atoms with Gasteiger partial charge in [-0.1, -0.05) is 42.5 Å². The van der Waals surface area contributed by atoms with E-state index in [4.69, 9.17) is 4.99 Å². The van der Waals surface area contributed by atoms with E-state index in [1.165, 1.54) is 28.9 Å². The summed E-state index contributed by atoms with van der Waals surface area (Å²) in [5.74, 6) is 1.14. The smallest absolute Gasteiger partial charge is 0.222 e. The third kappa shape index (κ3) is 6.26. The minimum Gasteiger partial charge on any atom is -0.357 e. The second-order valence-electron chi connectivity index (χ2n) is 8.38. The summed E-state index contributed by atoms with van der Waals surface area (Å²) in [7, 11) is 0. The van der Waals surface area contributed by atoms with Crippen molar-refractivity contribution in [1.82, 2.24) is 15.5 Å². The first-order chi connectivity index (χ1) is 15.2. The van der Waals surface area contributed by atoms with Gasteiger partial charge in [0, 0.05) is 42.2 Å². The molecule has 0 aromatic heterocycles. The molecular formula is C25H32N4OS. The number of amides is 1. The third-order valence-corrected chi connectivity index (χ3v) is 7.29. The van der Waals surface area contributed by atoms with E-state index in [1.54, 1.807) is 0 Å². The van der Waals surface area contributed by atoms with Crippen molar-refractivity contribution in [3.63, 3.8) is 0 Å². The van der Waals surface area contributed by atoms with Crippen LogP contribution in [0.5, 0.6) is 0 Å². The molecule has 2 aliphatic rings. The van der Waals surface area contributed by atoms with Crippen molar-refractivity contribution in [2.75, 3.05) is 19.6 Å². The Bertz CT molecular complexity index is 893. The molecule has 1 saturated carbocycles. The van der Waals surface area contributed by atoms with E-state index in [0.29, 0.717) is 19.5 Å². The fraction of sp³-hybridized carbons (Fsp3) is 0.440. The zero-order valence-corrected chi connectivity index (χ0v) is 19.1. The maximum Gasteiger partial charge on any atom is 0.222 e. The van der Waals surface area contributed by atoms with Crippen LogP contribution in [0.25, 0.3) is 0 Å². The van der Waals surface area contributed by atoms with Crippen LogP contribution in [0.1, 0.15) is 43.7 Å². The number of hydrogen-bond donors (Lipinski definition) is 2. The van der Waals surface area contributed by atoms with Crippen LogP contribution in [0.2, 0.25) is 0 Å². The van der Waals surface area contributed by atoms with Crippen molar-refractivity contribution >= 4 is 23.6 Å². The molecule has 2 aromatic carbocycles. The van der Waals surface area contributed by atoms with E-state index >= 15 is 0 Å². The molecule has 1 amide bonds. The molecule has 1 aliphatic carbocycles. The summed E-state index contributed by atoms with van der Waals surface area (Å²) in [5, 5.41) is 6.92. The largest absolute Gasteiger partial charge is 0.357 e. The van der Waals surface area contributed by atoms with E-state index < -0.39 is 0 Å². The molecule has 0 unspecified atom stereocenters. The minimum atomic E-state index is 0.272. The number of nitrogens with zero attached hydrogens (tertiary/aromatic N) is 2. The fourth-order valence-electron chi connectivity index (χ4n) is 3.79. The Morgan fingerprint density at radius 1 is 1.06 bits per heavy atom. The molecule has 31 heavy (non-hydrogen) atoms. The monoisotopic (exact) mass is 436 g/mol. The highest BCUT2D eigenvalue weighted by atomic mass is 32.2. The number of thioether (sulfide) groups is 1. The maximum absolute atomic E-state index is 11.8.